The van der Waals surface area contributed by atoms with Crippen molar-refractivity contribution in [3.05, 3.63) is 18.3 Å². The fourth-order valence-electron chi connectivity index (χ4n) is 1.73. The number of amides is 1. The lowest BCUT2D eigenvalue weighted by Gasteiger charge is -2.08. The van der Waals surface area contributed by atoms with Gasteiger partial charge in [-0.15, -0.1) is 0 Å². The zero-order valence-corrected chi connectivity index (χ0v) is 12.7. The zero-order chi connectivity index (χ0) is 15.3. The van der Waals surface area contributed by atoms with Crippen molar-refractivity contribution >= 4 is 21.7 Å². The van der Waals surface area contributed by atoms with Crippen LogP contribution in [0.2, 0.25) is 0 Å². The number of sulfonamides is 1. The molecule has 116 valence electrons. The summed E-state index contributed by atoms with van der Waals surface area (Å²) in [6.45, 7) is 2.73. The number of carbonyl (C=O) groups excluding carboxylic acids is 1. The van der Waals surface area contributed by atoms with Gasteiger partial charge in [-0.2, -0.15) is 0 Å². The normalized spacial score (nSPS) is 14.7. The highest BCUT2D eigenvalue weighted by molar-refractivity contribution is 7.89. The first kappa shape index (κ1) is 15.7. The maximum atomic E-state index is 12.0. The van der Waals surface area contributed by atoms with Crippen LogP contribution in [-0.2, 0) is 14.8 Å². The molecule has 0 atom stereocenters. The molecule has 0 radical (unpaired) electrons. The quantitative estimate of drug-likeness (QED) is 0.647. The van der Waals surface area contributed by atoms with Crippen LogP contribution in [0.5, 0.6) is 0 Å². The van der Waals surface area contributed by atoms with Crippen molar-refractivity contribution in [3.63, 3.8) is 0 Å². The van der Waals surface area contributed by atoms with Crippen molar-refractivity contribution in [3.8, 4) is 0 Å². The maximum absolute atomic E-state index is 12.0. The highest BCUT2D eigenvalue weighted by atomic mass is 32.2. The minimum absolute atomic E-state index is 0.0792. The third-order valence-corrected chi connectivity index (χ3v) is 4.44. The number of aromatic nitrogens is 1. The summed E-state index contributed by atoms with van der Waals surface area (Å²) in [6.07, 6.45) is 3.46. The average molecular weight is 312 g/mol. The molecule has 21 heavy (non-hydrogen) atoms. The summed E-state index contributed by atoms with van der Waals surface area (Å²) in [5, 5.41) is 5.80. The summed E-state index contributed by atoms with van der Waals surface area (Å²) >= 11 is 0. The lowest BCUT2D eigenvalue weighted by Crippen LogP contribution is -2.31. The van der Waals surface area contributed by atoms with Crippen LogP contribution in [0.4, 0.5) is 5.82 Å². The molecule has 1 aliphatic rings. The van der Waals surface area contributed by atoms with Gasteiger partial charge in [-0.3, -0.25) is 4.79 Å². The van der Waals surface area contributed by atoms with Gasteiger partial charge in [0.15, 0.2) is 0 Å². The predicted molar refractivity (Wildman–Crippen MR) is 79.4 cm³/mol. The lowest BCUT2D eigenvalue weighted by molar-refractivity contribution is -0.121. The van der Waals surface area contributed by atoms with Gasteiger partial charge < -0.3 is 10.6 Å². The number of rotatable bonds is 8. The van der Waals surface area contributed by atoms with E-state index in [0.717, 1.165) is 12.8 Å². The molecule has 1 aliphatic carbocycles. The molecule has 1 heterocycles. The molecule has 0 bridgehead atoms. The summed E-state index contributed by atoms with van der Waals surface area (Å²) in [4.78, 5) is 15.6. The predicted octanol–water partition coefficient (Wildman–Crippen LogP) is 0.460. The smallest absolute Gasteiger partial charge is 0.242 e. The van der Waals surface area contributed by atoms with Crippen molar-refractivity contribution < 1.29 is 13.2 Å². The van der Waals surface area contributed by atoms with Gasteiger partial charge >= 0.3 is 0 Å². The molecule has 0 saturated heterocycles. The number of nitrogens with one attached hydrogen (secondary N) is 3. The Morgan fingerprint density at radius 2 is 2.14 bits per heavy atom. The second kappa shape index (κ2) is 6.86. The van der Waals surface area contributed by atoms with E-state index in [2.05, 4.69) is 20.3 Å². The minimum Gasteiger partial charge on any atom is -0.370 e. The van der Waals surface area contributed by atoms with Gasteiger partial charge in [0.1, 0.15) is 10.7 Å². The van der Waals surface area contributed by atoms with Crippen LogP contribution in [0.3, 0.4) is 0 Å². The minimum atomic E-state index is -3.62. The maximum Gasteiger partial charge on any atom is 0.242 e. The van der Waals surface area contributed by atoms with Gasteiger partial charge in [-0.05, 0) is 31.9 Å². The first-order valence-electron chi connectivity index (χ1n) is 7.00. The molecule has 1 aromatic heterocycles. The van der Waals surface area contributed by atoms with Crippen molar-refractivity contribution in [2.75, 3.05) is 18.4 Å². The van der Waals surface area contributed by atoms with Crippen LogP contribution in [0.25, 0.3) is 0 Å². The fraction of sp³-hybridized carbons (Fsp3) is 0.538. The van der Waals surface area contributed by atoms with Crippen LogP contribution >= 0.6 is 0 Å². The number of hydrogen-bond donors (Lipinski definition) is 3. The van der Waals surface area contributed by atoms with Gasteiger partial charge in [0.2, 0.25) is 15.9 Å². The van der Waals surface area contributed by atoms with E-state index in [4.69, 9.17) is 0 Å². The molecule has 1 fully saturated rings. The van der Waals surface area contributed by atoms with Crippen LogP contribution in [0.1, 0.15) is 26.2 Å². The van der Waals surface area contributed by atoms with Crippen molar-refractivity contribution in [1.82, 2.24) is 15.0 Å². The first-order valence-corrected chi connectivity index (χ1v) is 8.48. The number of nitrogens with zero attached hydrogens (tertiary/aromatic N) is 1. The Labute approximate surface area is 124 Å². The Kier molecular flexibility index (Phi) is 5.13. The zero-order valence-electron chi connectivity index (χ0n) is 11.9. The Morgan fingerprint density at radius 3 is 2.71 bits per heavy atom. The Bertz CT molecular complexity index is 582. The average Bonchev–Trinajstić information content (AvgIpc) is 3.23. The molecule has 1 saturated carbocycles. The van der Waals surface area contributed by atoms with Crippen LogP contribution in [0.15, 0.2) is 23.2 Å². The highest BCUT2D eigenvalue weighted by Gasteiger charge is 2.23. The van der Waals surface area contributed by atoms with E-state index in [1.54, 1.807) is 6.07 Å². The van der Waals surface area contributed by atoms with E-state index in [1.165, 1.54) is 12.3 Å². The van der Waals surface area contributed by atoms with Crippen LogP contribution in [0, 0.1) is 0 Å². The van der Waals surface area contributed by atoms with Gasteiger partial charge in [0.25, 0.3) is 0 Å². The van der Waals surface area contributed by atoms with E-state index in [9.17, 15) is 13.2 Å². The number of carbonyl (C=O) groups is 1. The van der Waals surface area contributed by atoms with E-state index in [1.807, 2.05) is 6.92 Å². The van der Waals surface area contributed by atoms with E-state index >= 15 is 0 Å². The molecule has 8 heteroatoms. The molecule has 1 aromatic rings. The Balaban J connectivity index is 1.83. The molecule has 2 rings (SSSR count). The highest BCUT2D eigenvalue weighted by Crippen LogP contribution is 2.18. The fourth-order valence-corrected chi connectivity index (χ4v) is 2.71. The Hall–Kier alpha value is -1.67. The standard InChI is InChI=1S/C13H20N4O3S/c1-2-14-12-6-5-11(9-15-12)21(19,20)16-8-7-13(18)17-10-3-4-10/h5-6,9-10,16H,2-4,7-8H2,1H3,(H,14,15)(H,17,18). The van der Waals surface area contributed by atoms with Gasteiger partial charge in [0.05, 0.1) is 0 Å². The summed E-state index contributed by atoms with van der Waals surface area (Å²) in [5.74, 6) is 0.501. The van der Waals surface area contributed by atoms with Crippen LogP contribution in [-0.4, -0.2) is 38.4 Å². The molecule has 0 aromatic carbocycles. The number of hydrogen-bond acceptors (Lipinski definition) is 5. The van der Waals surface area contributed by atoms with Crippen molar-refractivity contribution in [2.45, 2.75) is 37.1 Å². The monoisotopic (exact) mass is 312 g/mol. The molecule has 0 aliphatic heterocycles. The third-order valence-electron chi connectivity index (χ3n) is 2.99. The topological polar surface area (TPSA) is 100 Å². The van der Waals surface area contributed by atoms with E-state index < -0.39 is 10.0 Å². The molecule has 3 N–H and O–H groups in total. The summed E-state index contributed by atoms with van der Waals surface area (Å²) in [6, 6.07) is 3.38. The molecule has 7 nitrogen and oxygen atoms in total. The number of pyridine rings is 1. The largest absolute Gasteiger partial charge is 0.370 e. The van der Waals surface area contributed by atoms with Crippen molar-refractivity contribution in [1.29, 1.82) is 0 Å². The molecule has 1 amide bonds. The van der Waals surface area contributed by atoms with E-state index in [-0.39, 0.29) is 29.8 Å². The first-order chi connectivity index (χ1) is 10.0. The van der Waals surface area contributed by atoms with Gasteiger partial charge in [-0.1, -0.05) is 0 Å². The molecular formula is C13H20N4O3S. The lowest BCUT2D eigenvalue weighted by atomic mass is 10.4. The second-order valence-electron chi connectivity index (χ2n) is 4.90. The van der Waals surface area contributed by atoms with Crippen molar-refractivity contribution in [2.24, 2.45) is 0 Å². The SMILES string of the molecule is CCNc1ccc(S(=O)(=O)NCCC(=O)NC2CC2)cn1. The van der Waals surface area contributed by atoms with E-state index in [0.29, 0.717) is 12.4 Å². The molecule has 0 unspecified atom stereocenters. The number of anilines is 1. The summed E-state index contributed by atoms with van der Waals surface area (Å²) in [5.41, 5.74) is 0. The van der Waals surface area contributed by atoms with Crippen LogP contribution < -0.4 is 15.4 Å². The Morgan fingerprint density at radius 1 is 1.38 bits per heavy atom. The summed E-state index contributed by atoms with van der Waals surface area (Å²) in [7, 11) is -3.62. The molecular weight excluding hydrogens is 292 g/mol. The molecule has 0 spiro atoms. The second-order valence-corrected chi connectivity index (χ2v) is 6.67. The third kappa shape index (κ3) is 4.98. The summed E-state index contributed by atoms with van der Waals surface area (Å²) < 4.78 is 26.4. The van der Waals surface area contributed by atoms with Gasteiger partial charge in [0, 0.05) is 31.7 Å². The van der Waals surface area contributed by atoms with Gasteiger partial charge in [-0.25, -0.2) is 18.1 Å².